The third-order valence-electron chi connectivity index (χ3n) is 3.58. The van der Waals surface area contributed by atoms with Crippen molar-refractivity contribution in [1.29, 1.82) is 0 Å². The topological polar surface area (TPSA) is 100 Å². The van der Waals surface area contributed by atoms with Crippen LogP contribution in [0.2, 0.25) is 0 Å². The summed E-state index contributed by atoms with van der Waals surface area (Å²) in [6, 6.07) is 3.94. The number of ether oxygens (including phenoxy) is 1. The highest BCUT2D eigenvalue weighted by atomic mass is 16.5. The number of aromatic nitrogens is 3. The second-order valence-electron chi connectivity index (χ2n) is 5.71. The van der Waals surface area contributed by atoms with E-state index in [-0.39, 0.29) is 6.61 Å². The monoisotopic (exact) mass is 346 g/mol. The largest absolute Gasteiger partial charge is 0.393 e. The highest BCUT2D eigenvalue weighted by molar-refractivity contribution is 5.42. The van der Waals surface area contributed by atoms with Gasteiger partial charge in [-0.15, -0.1) is 0 Å². The average molecular weight is 346 g/mol. The molecule has 0 saturated heterocycles. The van der Waals surface area contributed by atoms with Gasteiger partial charge >= 0.3 is 5.69 Å². The van der Waals surface area contributed by atoms with Gasteiger partial charge in [-0.05, 0) is 25.1 Å². The van der Waals surface area contributed by atoms with Gasteiger partial charge in [0.1, 0.15) is 6.10 Å². The summed E-state index contributed by atoms with van der Waals surface area (Å²) >= 11 is 0. The Morgan fingerprint density at radius 1 is 1.28 bits per heavy atom. The number of nitrogens with one attached hydrogen (secondary N) is 1. The third kappa shape index (κ3) is 4.88. The van der Waals surface area contributed by atoms with Crippen LogP contribution < -0.4 is 16.1 Å². The molecule has 0 radical (unpaired) electrons. The minimum atomic E-state index is -0.569. The Bertz CT molecular complexity index is 827. The van der Waals surface area contributed by atoms with Gasteiger partial charge in [0.05, 0.1) is 6.61 Å². The van der Waals surface area contributed by atoms with Gasteiger partial charge in [-0.3, -0.25) is 19.3 Å². The Balaban J connectivity index is 0.000000212. The van der Waals surface area contributed by atoms with Crippen molar-refractivity contribution in [1.82, 2.24) is 14.5 Å². The van der Waals surface area contributed by atoms with E-state index in [1.807, 2.05) is 31.1 Å². The molecule has 25 heavy (non-hydrogen) atoms. The number of aliphatic hydroxyl groups is 1. The van der Waals surface area contributed by atoms with Crippen LogP contribution in [0.3, 0.4) is 0 Å². The quantitative estimate of drug-likeness (QED) is 0.782. The second kappa shape index (κ2) is 8.41. The molecule has 0 aliphatic carbocycles. The molecule has 1 aliphatic heterocycles. The molecule has 0 unspecified atom stereocenters. The summed E-state index contributed by atoms with van der Waals surface area (Å²) < 4.78 is 6.63. The molecule has 8 nitrogen and oxygen atoms in total. The molecular formula is C17H22N4O4. The van der Waals surface area contributed by atoms with E-state index < -0.39 is 23.6 Å². The Labute approximate surface area is 145 Å². The molecule has 2 N–H and O–H groups in total. The van der Waals surface area contributed by atoms with Crippen molar-refractivity contribution in [2.75, 3.05) is 25.6 Å². The standard InChI is InChI=1S/C10H12N2O4.C7H10N2/c1-6-4-12(10(15)11-9(6)14)8-3-2-7(5-13)16-8;1-9(2)7-3-5-8-6-4-7/h2-4,7-8,13H,5H2,1H3,(H,11,14,15);3-6H,1-2H3/t7-,8+;/m0./s1. The molecule has 8 heteroatoms. The minimum Gasteiger partial charge on any atom is -0.393 e. The predicted octanol–water partition coefficient (Wildman–Crippen LogP) is 0.439. The van der Waals surface area contributed by atoms with Crippen molar-refractivity contribution in [2.45, 2.75) is 19.3 Å². The average Bonchev–Trinajstić information content (AvgIpc) is 3.08. The number of aromatic amines is 1. The van der Waals surface area contributed by atoms with Crippen molar-refractivity contribution in [2.24, 2.45) is 0 Å². The highest BCUT2D eigenvalue weighted by Crippen LogP contribution is 2.18. The fraction of sp³-hybridized carbons (Fsp3) is 0.353. The Kier molecular flexibility index (Phi) is 6.26. The van der Waals surface area contributed by atoms with Crippen LogP contribution in [0.25, 0.3) is 0 Å². The summed E-state index contributed by atoms with van der Waals surface area (Å²) in [4.78, 5) is 30.8. The molecule has 0 fully saturated rings. The smallest absolute Gasteiger partial charge is 0.330 e. The zero-order chi connectivity index (χ0) is 18.4. The molecule has 0 bridgehead atoms. The van der Waals surface area contributed by atoms with Crippen LogP contribution in [-0.4, -0.2) is 46.4 Å². The molecule has 0 aromatic carbocycles. The SMILES string of the molecule is CN(C)c1ccncc1.Cc1cn([C@H]2C=C[C@@H](CO)O2)c(=O)[nH]c1=O. The van der Waals surface area contributed by atoms with Gasteiger partial charge in [0.25, 0.3) is 5.56 Å². The molecule has 3 heterocycles. The van der Waals surface area contributed by atoms with Crippen molar-refractivity contribution >= 4 is 5.69 Å². The molecule has 2 aromatic rings. The molecule has 134 valence electrons. The lowest BCUT2D eigenvalue weighted by atomic mass is 10.3. The molecule has 0 amide bonds. The summed E-state index contributed by atoms with van der Waals surface area (Å²) in [6.45, 7) is 1.47. The lowest BCUT2D eigenvalue weighted by molar-refractivity contribution is -0.0104. The molecule has 2 atom stereocenters. The Morgan fingerprint density at radius 2 is 1.96 bits per heavy atom. The molecule has 2 aromatic heterocycles. The van der Waals surface area contributed by atoms with Crippen molar-refractivity contribution in [3.8, 4) is 0 Å². The van der Waals surface area contributed by atoms with Gasteiger partial charge in [0.15, 0.2) is 6.23 Å². The number of aryl methyl sites for hydroxylation is 1. The number of pyridine rings is 1. The first-order valence-electron chi connectivity index (χ1n) is 7.76. The van der Waals surface area contributed by atoms with E-state index in [2.05, 4.69) is 9.97 Å². The number of anilines is 1. The zero-order valence-corrected chi connectivity index (χ0v) is 14.4. The summed E-state index contributed by atoms with van der Waals surface area (Å²) in [6.07, 6.45) is 7.39. The van der Waals surface area contributed by atoms with E-state index in [1.54, 1.807) is 31.5 Å². The maximum Gasteiger partial charge on any atom is 0.330 e. The van der Waals surface area contributed by atoms with E-state index in [9.17, 15) is 9.59 Å². The van der Waals surface area contributed by atoms with Gasteiger partial charge in [-0.1, -0.05) is 6.08 Å². The number of aliphatic hydroxyl groups excluding tert-OH is 1. The second-order valence-corrected chi connectivity index (χ2v) is 5.71. The lowest BCUT2D eigenvalue weighted by Crippen LogP contribution is -2.33. The van der Waals surface area contributed by atoms with Crippen LogP contribution in [-0.2, 0) is 4.74 Å². The van der Waals surface area contributed by atoms with E-state index in [0.29, 0.717) is 5.56 Å². The summed E-state index contributed by atoms with van der Waals surface area (Å²) in [5.74, 6) is 0. The van der Waals surface area contributed by atoms with Crippen molar-refractivity contribution < 1.29 is 9.84 Å². The first-order valence-corrected chi connectivity index (χ1v) is 7.76. The Morgan fingerprint density at radius 3 is 2.48 bits per heavy atom. The maximum atomic E-state index is 11.5. The normalized spacial score (nSPS) is 18.6. The summed E-state index contributed by atoms with van der Waals surface area (Å²) in [7, 11) is 4.02. The van der Waals surface area contributed by atoms with Gasteiger partial charge in [-0.2, -0.15) is 0 Å². The van der Waals surface area contributed by atoms with Gasteiger partial charge in [0, 0.05) is 43.9 Å². The molecule has 1 aliphatic rings. The zero-order valence-electron chi connectivity index (χ0n) is 14.4. The molecule has 0 saturated carbocycles. The fourth-order valence-corrected chi connectivity index (χ4v) is 2.17. The third-order valence-corrected chi connectivity index (χ3v) is 3.58. The fourth-order valence-electron chi connectivity index (χ4n) is 2.17. The van der Waals surface area contributed by atoms with E-state index >= 15 is 0 Å². The van der Waals surface area contributed by atoms with Gasteiger partial charge < -0.3 is 14.7 Å². The number of H-pyrrole nitrogens is 1. The number of rotatable bonds is 3. The van der Waals surface area contributed by atoms with E-state index in [4.69, 9.17) is 9.84 Å². The van der Waals surface area contributed by atoms with E-state index in [0.717, 1.165) is 0 Å². The highest BCUT2D eigenvalue weighted by Gasteiger charge is 2.20. The number of nitrogens with zero attached hydrogens (tertiary/aromatic N) is 3. The van der Waals surface area contributed by atoms with Gasteiger partial charge in [-0.25, -0.2) is 4.79 Å². The first-order chi connectivity index (χ1) is 11.9. The number of hydrogen-bond donors (Lipinski definition) is 2. The van der Waals surface area contributed by atoms with E-state index in [1.165, 1.54) is 16.5 Å². The van der Waals surface area contributed by atoms with Crippen LogP contribution in [0.15, 0.2) is 52.5 Å². The Hall–Kier alpha value is -2.71. The number of hydrogen-bond acceptors (Lipinski definition) is 6. The molecule has 3 rings (SSSR count). The first kappa shape index (κ1) is 18.6. The maximum absolute atomic E-state index is 11.5. The lowest BCUT2D eigenvalue weighted by Gasteiger charge is -2.14. The summed E-state index contributed by atoms with van der Waals surface area (Å²) in [5.41, 5.74) is 0.694. The van der Waals surface area contributed by atoms with Crippen molar-refractivity contribution in [3.63, 3.8) is 0 Å². The van der Waals surface area contributed by atoms with Crippen LogP contribution in [0.5, 0.6) is 0 Å². The minimum absolute atomic E-state index is 0.135. The summed E-state index contributed by atoms with van der Waals surface area (Å²) in [5, 5.41) is 8.88. The predicted molar refractivity (Wildman–Crippen MR) is 94.8 cm³/mol. The van der Waals surface area contributed by atoms with Gasteiger partial charge in [0.2, 0.25) is 0 Å². The van der Waals surface area contributed by atoms with Crippen LogP contribution in [0, 0.1) is 6.92 Å². The van der Waals surface area contributed by atoms with Crippen LogP contribution in [0.4, 0.5) is 5.69 Å². The molecule has 0 spiro atoms. The van der Waals surface area contributed by atoms with Crippen LogP contribution >= 0.6 is 0 Å². The molecular weight excluding hydrogens is 324 g/mol. The van der Waals surface area contributed by atoms with Crippen LogP contribution in [0.1, 0.15) is 11.8 Å². The van der Waals surface area contributed by atoms with Crippen molar-refractivity contribution in [3.05, 3.63) is 69.3 Å².